The largest absolute Gasteiger partial charge is 0.465 e. The Balaban J connectivity index is 3.15. The second-order valence-electron chi connectivity index (χ2n) is 2.44. The molecule has 0 radical (unpaired) electrons. The summed E-state index contributed by atoms with van der Waals surface area (Å²) in [6.07, 6.45) is 1.62. The number of hydrogen-bond acceptors (Lipinski definition) is 5. The highest BCUT2D eigenvalue weighted by Gasteiger charge is 2.15. The molecule has 1 rings (SSSR count). The van der Waals surface area contributed by atoms with Gasteiger partial charge in [-0.25, -0.2) is 9.78 Å². The molecule has 1 heterocycles. The van der Waals surface area contributed by atoms with Crippen molar-refractivity contribution in [2.24, 2.45) is 0 Å². The summed E-state index contributed by atoms with van der Waals surface area (Å²) < 4.78 is 4.48. The zero-order valence-corrected chi connectivity index (χ0v) is 8.59. The molecule has 0 amide bonds. The number of carbonyl (C=O) groups is 1. The van der Waals surface area contributed by atoms with Crippen LogP contribution in [0.5, 0.6) is 0 Å². The molecule has 0 N–H and O–H groups in total. The zero-order valence-electron chi connectivity index (χ0n) is 7.77. The molecule has 0 bridgehead atoms. The molecular formula is C9H8N2O2S. The molecule has 1 aromatic heterocycles. The van der Waals surface area contributed by atoms with Crippen LogP contribution in [0.4, 0.5) is 0 Å². The van der Waals surface area contributed by atoms with Gasteiger partial charge in [-0.15, -0.1) is 11.3 Å². The van der Waals surface area contributed by atoms with Crippen LogP contribution in [0.3, 0.4) is 0 Å². The summed E-state index contributed by atoms with van der Waals surface area (Å²) in [5, 5.41) is 11.2. The van der Waals surface area contributed by atoms with Gasteiger partial charge in [0.15, 0.2) is 0 Å². The molecular weight excluding hydrogens is 200 g/mol. The number of thiazole rings is 1. The summed E-state index contributed by atoms with van der Waals surface area (Å²) in [4.78, 5) is 15.2. The van der Waals surface area contributed by atoms with E-state index in [1.807, 2.05) is 6.07 Å². The maximum atomic E-state index is 11.2. The lowest BCUT2D eigenvalue weighted by Crippen LogP contribution is -2.04. The summed E-state index contributed by atoms with van der Waals surface area (Å²) in [6.45, 7) is 1.67. The van der Waals surface area contributed by atoms with E-state index in [1.54, 1.807) is 18.5 Å². The quantitative estimate of drug-likeness (QED) is 0.421. The third kappa shape index (κ3) is 1.98. The van der Waals surface area contributed by atoms with Gasteiger partial charge >= 0.3 is 5.97 Å². The summed E-state index contributed by atoms with van der Waals surface area (Å²) >= 11 is 1.37. The van der Waals surface area contributed by atoms with Crippen LogP contribution in [0.1, 0.15) is 11.9 Å². The number of esters is 1. The fourth-order valence-electron chi connectivity index (χ4n) is 0.900. The number of ether oxygens (including phenoxy) is 1. The molecule has 0 saturated heterocycles. The average Bonchev–Trinajstić information content (AvgIpc) is 2.71. The van der Waals surface area contributed by atoms with Gasteiger partial charge in [0, 0.05) is 17.2 Å². The van der Waals surface area contributed by atoms with Gasteiger partial charge in [0.05, 0.1) is 7.11 Å². The first-order chi connectivity index (χ1) is 6.70. The SMILES string of the molecule is COC(=O)/C(C#N)=C(/C)c1nccs1. The molecule has 4 nitrogen and oxygen atoms in total. The topological polar surface area (TPSA) is 63.0 Å². The molecule has 1 aromatic rings. The Bertz CT molecular complexity index is 401. The molecule has 72 valence electrons. The minimum Gasteiger partial charge on any atom is -0.465 e. The monoisotopic (exact) mass is 208 g/mol. The van der Waals surface area contributed by atoms with Gasteiger partial charge in [-0.3, -0.25) is 0 Å². The first kappa shape index (κ1) is 10.4. The molecule has 0 saturated carbocycles. The number of rotatable bonds is 2. The van der Waals surface area contributed by atoms with Gasteiger partial charge in [-0.05, 0) is 6.92 Å². The number of aromatic nitrogens is 1. The van der Waals surface area contributed by atoms with E-state index < -0.39 is 5.97 Å². The Labute approximate surface area is 85.5 Å². The van der Waals surface area contributed by atoms with E-state index >= 15 is 0 Å². The molecule has 0 aromatic carbocycles. The van der Waals surface area contributed by atoms with Crippen molar-refractivity contribution in [1.82, 2.24) is 4.98 Å². The summed E-state index contributed by atoms with van der Waals surface area (Å²) in [6, 6.07) is 1.81. The van der Waals surface area contributed by atoms with Gasteiger partial charge in [0.25, 0.3) is 0 Å². The van der Waals surface area contributed by atoms with Crippen LogP contribution in [0.15, 0.2) is 17.2 Å². The standard InChI is InChI=1S/C9H8N2O2S/c1-6(8-11-3-4-14-8)7(5-10)9(12)13-2/h3-4H,1-2H3/b7-6-. The number of nitrogens with zero attached hydrogens (tertiary/aromatic N) is 2. The molecule has 14 heavy (non-hydrogen) atoms. The molecule has 0 fully saturated rings. The third-order valence-corrected chi connectivity index (χ3v) is 2.52. The van der Waals surface area contributed by atoms with Crippen LogP contribution in [0, 0.1) is 11.3 Å². The Morgan fingerprint density at radius 1 is 1.71 bits per heavy atom. The molecule has 0 aliphatic heterocycles. The van der Waals surface area contributed by atoms with E-state index in [4.69, 9.17) is 5.26 Å². The second-order valence-corrected chi connectivity index (χ2v) is 3.34. The summed E-state index contributed by atoms with van der Waals surface area (Å²) in [5.41, 5.74) is 0.553. The maximum Gasteiger partial charge on any atom is 0.348 e. The first-order valence-electron chi connectivity index (χ1n) is 3.80. The molecule has 0 unspecified atom stereocenters. The maximum absolute atomic E-state index is 11.2. The van der Waals surface area contributed by atoms with Crippen molar-refractivity contribution in [2.45, 2.75) is 6.92 Å². The van der Waals surface area contributed by atoms with Crippen LogP contribution in [0.2, 0.25) is 0 Å². The minimum absolute atomic E-state index is 0.00227. The van der Waals surface area contributed by atoms with Crippen molar-refractivity contribution in [2.75, 3.05) is 7.11 Å². The van der Waals surface area contributed by atoms with Crippen LogP contribution < -0.4 is 0 Å². The highest BCUT2D eigenvalue weighted by Crippen LogP contribution is 2.20. The molecule has 0 aliphatic rings. The molecule has 0 spiro atoms. The van der Waals surface area contributed by atoms with Gasteiger partial charge in [-0.2, -0.15) is 5.26 Å². The van der Waals surface area contributed by atoms with Crippen LogP contribution in [-0.2, 0) is 9.53 Å². The average molecular weight is 208 g/mol. The van der Waals surface area contributed by atoms with Crippen molar-refractivity contribution < 1.29 is 9.53 Å². The Kier molecular flexibility index (Phi) is 3.37. The van der Waals surface area contributed by atoms with Crippen molar-refractivity contribution in [1.29, 1.82) is 5.26 Å². The van der Waals surface area contributed by atoms with E-state index in [2.05, 4.69) is 9.72 Å². The zero-order chi connectivity index (χ0) is 10.6. The lowest BCUT2D eigenvalue weighted by molar-refractivity contribution is -0.135. The lowest BCUT2D eigenvalue weighted by Gasteiger charge is -1.99. The smallest absolute Gasteiger partial charge is 0.348 e. The predicted octanol–water partition coefficient (Wildman–Crippen LogP) is 1.61. The molecule has 5 heteroatoms. The van der Waals surface area contributed by atoms with Crippen LogP contribution in [0.25, 0.3) is 5.57 Å². The van der Waals surface area contributed by atoms with E-state index in [9.17, 15) is 4.79 Å². The van der Waals surface area contributed by atoms with E-state index in [0.717, 1.165) is 0 Å². The van der Waals surface area contributed by atoms with E-state index in [-0.39, 0.29) is 5.57 Å². The van der Waals surface area contributed by atoms with Crippen molar-refractivity contribution in [3.63, 3.8) is 0 Å². The molecule has 0 atom stereocenters. The number of methoxy groups -OCH3 is 1. The highest BCUT2D eigenvalue weighted by molar-refractivity contribution is 7.10. The van der Waals surface area contributed by atoms with Crippen molar-refractivity contribution in [3.05, 3.63) is 22.2 Å². The third-order valence-electron chi connectivity index (χ3n) is 1.63. The van der Waals surface area contributed by atoms with Gasteiger partial charge in [0.1, 0.15) is 16.6 Å². The first-order valence-corrected chi connectivity index (χ1v) is 4.67. The number of allylic oxidation sites excluding steroid dienone is 1. The number of nitriles is 1. The highest BCUT2D eigenvalue weighted by atomic mass is 32.1. The normalized spacial score (nSPS) is 11.5. The number of carbonyl (C=O) groups excluding carboxylic acids is 1. The minimum atomic E-state index is -0.625. The van der Waals surface area contributed by atoms with Crippen LogP contribution >= 0.6 is 11.3 Å². The van der Waals surface area contributed by atoms with E-state index in [1.165, 1.54) is 18.4 Å². The van der Waals surface area contributed by atoms with Crippen molar-refractivity contribution in [3.8, 4) is 6.07 Å². The Morgan fingerprint density at radius 3 is 2.86 bits per heavy atom. The summed E-state index contributed by atoms with van der Waals surface area (Å²) in [7, 11) is 1.24. The van der Waals surface area contributed by atoms with E-state index in [0.29, 0.717) is 10.6 Å². The van der Waals surface area contributed by atoms with Gasteiger partial charge < -0.3 is 4.74 Å². The van der Waals surface area contributed by atoms with Gasteiger partial charge in [0.2, 0.25) is 0 Å². The van der Waals surface area contributed by atoms with Crippen molar-refractivity contribution >= 4 is 22.9 Å². The lowest BCUT2D eigenvalue weighted by atomic mass is 10.1. The number of hydrogen-bond donors (Lipinski definition) is 0. The molecule has 0 aliphatic carbocycles. The fraction of sp³-hybridized carbons (Fsp3) is 0.222. The Hall–Kier alpha value is -1.67. The summed E-state index contributed by atoms with van der Waals surface area (Å²) in [5.74, 6) is -0.625. The van der Waals surface area contributed by atoms with Gasteiger partial charge in [-0.1, -0.05) is 0 Å². The second kappa shape index (κ2) is 4.53. The fourth-order valence-corrected chi connectivity index (χ4v) is 1.55. The van der Waals surface area contributed by atoms with Crippen LogP contribution in [-0.4, -0.2) is 18.1 Å². The Morgan fingerprint density at radius 2 is 2.43 bits per heavy atom. The predicted molar refractivity (Wildman–Crippen MR) is 52.3 cm³/mol.